The lowest BCUT2D eigenvalue weighted by atomic mass is 9.40. The lowest BCUT2D eigenvalue weighted by Crippen LogP contribution is -2.57. The van der Waals surface area contributed by atoms with Crippen LogP contribution in [-0.2, 0) is 19.1 Å². The molecule has 3 aliphatic carbocycles. The number of hydrogen-bond donors (Lipinski definition) is 1. The number of aliphatic hydroxyl groups is 1. The van der Waals surface area contributed by atoms with Crippen LogP contribution in [0, 0.1) is 44.3 Å². The molecule has 0 bridgehead atoms. The van der Waals surface area contributed by atoms with Crippen LogP contribution in [-0.4, -0.2) is 29.8 Å². The van der Waals surface area contributed by atoms with Gasteiger partial charge in [-0.15, -0.1) is 0 Å². The van der Waals surface area contributed by atoms with Gasteiger partial charge in [-0.2, -0.15) is 0 Å². The molecule has 0 radical (unpaired) electrons. The van der Waals surface area contributed by atoms with Crippen LogP contribution in [0.5, 0.6) is 0 Å². The maximum atomic E-state index is 13.3. The van der Waals surface area contributed by atoms with E-state index in [1.807, 2.05) is 19.9 Å². The molecule has 1 unspecified atom stereocenters. The molecule has 0 saturated heterocycles. The molecule has 3 saturated carbocycles. The molecular weight excluding hydrogens is 512 g/mol. The molecule has 0 spiro atoms. The maximum absolute atomic E-state index is 13.3. The van der Waals surface area contributed by atoms with Crippen LogP contribution in [0.25, 0.3) is 0 Å². The van der Waals surface area contributed by atoms with Crippen LogP contribution in [0.1, 0.15) is 121 Å². The van der Waals surface area contributed by atoms with Crippen LogP contribution in [0.15, 0.2) is 35.6 Å². The van der Waals surface area contributed by atoms with Crippen LogP contribution < -0.4 is 0 Å². The number of ether oxygens (including phenoxy) is 1. The van der Waals surface area contributed by atoms with Crippen LogP contribution in [0.4, 0.5) is 0 Å². The molecule has 5 nitrogen and oxygen atoms in total. The molecule has 3 fully saturated rings. The minimum atomic E-state index is -0.629. The molecule has 5 heteroatoms. The van der Waals surface area contributed by atoms with Crippen molar-refractivity contribution in [2.75, 3.05) is 7.11 Å². The first-order chi connectivity index (χ1) is 18.7. The Bertz CT molecular complexity index is 1150. The molecule has 41 heavy (non-hydrogen) atoms. The van der Waals surface area contributed by atoms with Gasteiger partial charge in [0.2, 0.25) is 0 Å². The minimum Gasteiger partial charge on any atom is -0.515 e. The topological polar surface area (TPSA) is 80.7 Å². The monoisotopic (exact) mass is 568 g/mol. The summed E-state index contributed by atoms with van der Waals surface area (Å²) >= 11 is 0. The van der Waals surface area contributed by atoms with Gasteiger partial charge >= 0.3 is 5.97 Å². The molecule has 1 N–H and O–H groups in total. The van der Waals surface area contributed by atoms with E-state index >= 15 is 0 Å². The fraction of sp³-hybridized carbons (Fsp3) is 0.750. The first kappa shape index (κ1) is 33.3. The highest BCUT2D eigenvalue weighted by Crippen LogP contribution is 2.68. The molecule has 230 valence electrons. The van der Waals surface area contributed by atoms with Crippen molar-refractivity contribution in [1.82, 2.24) is 0 Å². The zero-order chi connectivity index (χ0) is 31.2. The number of hydrogen-bond acceptors (Lipinski definition) is 5. The van der Waals surface area contributed by atoms with E-state index in [0.717, 1.165) is 56.8 Å². The molecular formula is C36H56O5. The number of rotatable bonds is 7. The Hall–Kier alpha value is -2.17. The standard InChI is InChI=1S/C36H56O5/c1-24-21-31(3,4)16-18-36(24,15-13-29(39)41-11)19-17-32(5,6)35(10)14-12-27-33(7,8)30(40)26(23-37)22-34(27,9)28(35)20-25(2)38/h13,15,20,23-24,27,37H,12,14,16-19,21-22H2,1-11H3/b15-13+,26-23-,28-20-/t24?,27-,34-,35+,36+/m0/s1. The van der Waals surface area contributed by atoms with E-state index in [1.165, 1.54) is 7.11 Å². The number of aliphatic hydroxyl groups excluding tert-OH is 1. The highest BCUT2D eigenvalue weighted by Gasteiger charge is 2.62. The first-order valence-corrected chi connectivity index (χ1v) is 15.6. The molecule has 0 heterocycles. The summed E-state index contributed by atoms with van der Waals surface area (Å²) in [6, 6.07) is 0. The predicted octanol–water partition coefficient (Wildman–Crippen LogP) is 8.73. The highest BCUT2D eigenvalue weighted by molar-refractivity contribution is 6.01. The molecule has 5 atom stereocenters. The summed E-state index contributed by atoms with van der Waals surface area (Å²) in [7, 11) is 1.42. The number of allylic oxidation sites excluding steroid dienone is 4. The molecule has 0 aliphatic heterocycles. The largest absolute Gasteiger partial charge is 0.515 e. The Balaban J connectivity index is 2.05. The number of carbonyl (C=O) groups excluding carboxylic acids is 3. The summed E-state index contributed by atoms with van der Waals surface area (Å²) in [5, 5.41) is 10.1. The second-order valence-corrected chi connectivity index (χ2v) is 16.1. The smallest absolute Gasteiger partial charge is 0.330 e. The van der Waals surface area contributed by atoms with E-state index in [0.29, 0.717) is 17.9 Å². The average Bonchev–Trinajstić information content (AvgIpc) is 2.87. The molecule has 0 aromatic heterocycles. The molecule has 0 aromatic rings. The zero-order valence-corrected chi connectivity index (χ0v) is 27.7. The van der Waals surface area contributed by atoms with Crippen molar-refractivity contribution in [2.45, 2.75) is 121 Å². The van der Waals surface area contributed by atoms with E-state index in [-0.39, 0.29) is 45.1 Å². The highest BCUT2D eigenvalue weighted by atomic mass is 16.5. The van der Waals surface area contributed by atoms with E-state index in [2.05, 4.69) is 54.5 Å². The Morgan fingerprint density at radius 3 is 2.24 bits per heavy atom. The van der Waals surface area contributed by atoms with Crippen LogP contribution in [0.2, 0.25) is 0 Å². The fourth-order valence-corrected chi connectivity index (χ4v) is 9.24. The van der Waals surface area contributed by atoms with Crippen molar-refractivity contribution in [2.24, 2.45) is 44.3 Å². The van der Waals surface area contributed by atoms with Gasteiger partial charge in [0.25, 0.3) is 0 Å². The number of esters is 1. The third-order valence-electron chi connectivity index (χ3n) is 12.3. The lowest BCUT2D eigenvalue weighted by Gasteiger charge is -2.63. The van der Waals surface area contributed by atoms with Gasteiger partial charge in [0.1, 0.15) is 0 Å². The van der Waals surface area contributed by atoms with Gasteiger partial charge in [0.05, 0.1) is 13.4 Å². The summed E-state index contributed by atoms with van der Waals surface area (Å²) in [6.07, 6.45) is 13.9. The van der Waals surface area contributed by atoms with Gasteiger partial charge in [0, 0.05) is 17.1 Å². The summed E-state index contributed by atoms with van der Waals surface area (Å²) in [6.45, 7) is 21.8. The quantitative estimate of drug-likeness (QED) is 0.189. The van der Waals surface area contributed by atoms with Crippen molar-refractivity contribution in [3.8, 4) is 0 Å². The third-order valence-corrected chi connectivity index (χ3v) is 12.3. The van der Waals surface area contributed by atoms with Crippen LogP contribution in [0.3, 0.4) is 0 Å². The second kappa shape index (κ2) is 11.2. The van der Waals surface area contributed by atoms with Gasteiger partial charge in [-0.25, -0.2) is 4.79 Å². The summed E-state index contributed by atoms with van der Waals surface area (Å²) < 4.78 is 4.96. The van der Waals surface area contributed by atoms with Crippen LogP contribution >= 0.6 is 0 Å². The lowest BCUT2D eigenvalue weighted by molar-refractivity contribution is -0.137. The van der Waals surface area contributed by atoms with Crippen molar-refractivity contribution >= 4 is 17.5 Å². The number of methoxy groups -OCH3 is 1. The van der Waals surface area contributed by atoms with Gasteiger partial charge in [-0.05, 0) is 103 Å². The molecule has 0 aromatic carbocycles. The second-order valence-electron chi connectivity index (χ2n) is 16.1. The van der Waals surface area contributed by atoms with E-state index in [9.17, 15) is 19.5 Å². The SMILES string of the molecule is COC(=O)/C=C/[C@]1(CCC(C)(C)[C@]2(C)CC[C@H]3C(C)(C)C(=O)/C(=C\O)C[C@]3(C)/C2=C/C(C)=O)CCC(C)(C)CC1C. The first-order valence-electron chi connectivity index (χ1n) is 15.6. The van der Waals surface area contributed by atoms with Crippen molar-refractivity contribution < 1.29 is 24.2 Å². The zero-order valence-electron chi connectivity index (χ0n) is 27.7. The summed E-state index contributed by atoms with van der Waals surface area (Å²) in [5.74, 6) is 0.219. The van der Waals surface area contributed by atoms with Crippen molar-refractivity contribution in [1.29, 1.82) is 0 Å². The number of fused-ring (bicyclic) bond motifs is 1. The van der Waals surface area contributed by atoms with Gasteiger partial charge in [0.15, 0.2) is 11.6 Å². The molecule has 3 aliphatic rings. The normalized spacial score (nSPS) is 37.3. The predicted molar refractivity (Wildman–Crippen MR) is 165 cm³/mol. The molecule has 3 rings (SSSR count). The van der Waals surface area contributed by atoms with E-state index in [4.69, 9.17) is 4.74 Å². The summed E-state index contributed by atoms with van der Waals surface area (Å²) in [5.41, 5.74) is 0.238. The Morgan fingerprint density at radius 2 is 1.71 bits per heavy atom. The fourth-order valence-electron chi connectivity index (χ4n) is 9.24. The van der Waals surface area contributed by atoms with Gasteiger partial charge < -0.3 is 9.84 Å². The Morgan fingerprint density at radius 1 is 1.07 bits per heavy atom. The average molecular weight is 569 g/mol. The van der Waals surface area contributed by atoms with Gasteiger partial charge in [-0.3, -0.25) is 9.59 Å². The molecule has 0 amide bonds. The Kier molecular flexibility index (Phi) is 9.07. The maximum Gasteiger partial charge on any atom is 0.330 e. The van der Waals surface area contributed by atoms with E-state index < -0.39 is 10.8 Å². The minimum absolute atomic E-state index is 0.0149. The Labute approximate surface area is 249 Å². The number of carbonyl (C=O) groups is 3. The summed E-state index contributed by atoms with van der Waals surface area (Å²) in [4.78, 5) is 38.3. The van der Waals surface area contributed by atoms with E-state index in [1.54, 1.807) is 13.0 Å². The van der Waals surface area contributed by atoms with Crippen molar-refractivity contribution in [3.63, 3.8) is 0 Å². The number of ketones is 2. The third kappa shape index (κ3) is 5.89. The van der Waals surface area contributed by atoms with Gasteiger partial charge in [-0.1, -0.05) is 74.0 Å². The number of Topliss-reactive ketones (excluding diaryl/α,β-unsaturated/α-hetero) is 1. The van der Waals surface area contributed by atoms with Crippen molar-refractivity contribution in [3.05, 3.63) is 35.6 Å².